The van der Waals surface area contributed by atoms with Crippen LogP contribution in [-0.4, -0.2) is 19.1 Å². The Labute approximate surface area is 161 Å². The van der Waals surface area contributed by atoms with Crippen molar-refractivity contribution in [3.05, 3.63) is 65.2 Å². The second-order valence-electron chi connectivity index (χ2n) is 7.49. The van der Waals surface area contributed by atoms with Crippen LogP contribution in [0.3, 0.4) is 0 Å². The molecule has 1 N–H and O–H groups in total. The normalized spacial score (nSPS) is 19.6. The molecule has 0 saturated heterocycles. The van der Waals surface area contributed by atoms with E-state index in [2.05, 4.69) is 12.2 Å². The summed E-state index contributed by atoms with van der Waals surface area (Å²) < 4.78 is 11.2. The molecule has 1 aliphatic carbocycles. The Kier molecular flexibility index (Phi) is 7.02. The topological polar surface area (TPSA) is 47.6 Å². The van der Waals surface area contributed by atoms with Crippen LogP contribution >= 0.6 is 0 Å². The largest absolute Gasteiger partial charge is 0.380 e. The van der Waals surface area contributed by atoms with E-state index in [-0.39, 0.29) is 5.91 Å². The maximum atomic E-state index is 12.5. The highest BCUT2D eigenvalue weighted by molar-refractivity contribution is 6.04. The van der Waals surface area contributed by atoms with E-state index in [0.29, 0.717) is 24.9 Å². The van der Waals surface area contributed by atoms with Crippen LogP contribution in [0, 0.1) is 5.92 Å². The highest BCUT2D eigenvalue weighted by Crippen LogP contribution is 2.26. The van der Waals surface area contributed by atoms with E-state index in [1.54, 1.807) is 7.11 Å². The molecule has 2 atom stereocenters. The van der Waals surface area contributed by atoms with Gasteiger partial charge in [-0.3, -0.25) is 4.79 Å². The summed E-state index contributed by atoms with van der Waals surface area (Å²) in [5.41, 5.74) is 3.55. The summed E-state index contributed by atoms with van der Waals surface area (Å²) in [6.45, 7) is 3.43. The van der Waals surface area contributed by atoms with Gasteiger partial charge in [0, 0.05) is 18.4 Å². The molecular formula is C23H29NO3. The molecule has 3 rings (SSSR count). The third-order valence-electron chi connectivity index (χ3n) is 5.09. The summed E-state index contributed by atoms with van der Waals surface area (Å²) in [7, 11) is 1.66. The molecule has 0 aromatic heterocycles. The number of benzene rings is 2. The minimum atomic E-state index is -0.113. The summed E-state index contributed by atoms with van der Waals surface area (Å²) in [5.74, 6) is 0.641. The van der Waals surface area contributed by atoms with E-state index in [1.807, 2.05) is 48.5 Å². The summed E-state index contributed by atoms with van der Waals surface area (Å²) >= 11 is 0. The molecule has 2 aromatic rings. The monoisotopic (exact) mass is 367 g/mol. The molecule has 1 amide bonds. The molecule has 144 valence electrons. The maximum Gasteiger partial charge on any atom is 0.255 e. The van der Waals surface area contributed by atoms with Crippen molar-refractivity contribution < 1.29 is 14.3 Å². The van der Waals surface area contributed by atoms with Crippen molar-refractivity contribution in [2.75, 3.05) is 12.4 Å². The van der Waals surface area contributed by atoms with E-state index in [0.717, 1.165) is 35.6 Å². The number of hydrogen-bond donors (Lipinski definition) is 1. The molecule has 4 heteroatoms. The molecule has 0 bridgehead atoms. The Hall–Kier alpha value is -2.17. The summed E-state index contributed by atoms with van der Waals surface area (Å²) in [6, 6.07) is 15.4. The molecule has 1 aliphatic rings. The average molecular weight is 367 g/mol. The Morgan fingerprint density at radius 2 is 1.89 bits per heavy atom. The van der Waals surface area contributed by atoms with Gasteiger partial charge in [-0.25, -0.2) is 0 Å². The summed E-state index contributed by atoms with van der Waals surface area (Å²) in [4.78, 5) is 12.5. The van der Waals surface area contributed by atoms with Crippen molar-refractivity contribution in [3.8, 4) is 0 Å². The predicted octanol–water partition coefficient (Wildman–Crippen LogP) is 5.18. The highest BCUT2D eigenvalue weighted by atomic mass is 16.5. The van der Waals surface area contributed by atoms with Crippen molar-refractivity contribution in [1.29, 1.82) is 0 Å². The van der Waals surface area contributed by atoms with Gasteiger partial charge in [-0.05, 0) is 54.2 Å². The Morgan fingerprint density at radius 1 is 1.07 bits per heavy atom. The van der Waals surface area contributed by atoms with Gasteiger partial charge in [-0.2, -0.15) is 0 Å². The van der Waals surface area contributed by atoms with Crippen LogP contribution in [0.2, 0.25) is 0 Å². The van der Waals surface area contributed by atoms with Crippen molar-refractivity contribution in [2.45, 2.75) is 51.9 Å². The molecule has 4 nitrogen and oxygen atoms in total. The van der Waals surface area contributed by atoms with Gasteiger partial charge in [-0.15, -0.1) is 0 Å². The minimum Gasteiger partial charge on any atom is -0.380 e. The number of carbonyl (C=O) groups is 1. The van der Waals surface area contributed by atoms with Crippen LogP contribution in [-0.2, 0) is 22.7 Å². The van der Waals surface area contributed by atoms with Crippen LogP contribution in [0.1, 0.15) is 54.1 Å². The van der Waals surface area contributed by atoms with Gasteiger partial charge in [-0.1, -0.05) is 44.0 Å². The first-order chi connectivity index (χ1) is 13.1. The number of ether oxygens (including phenoxy) is 2. The maximum absolute atomic E-state index is 12.5. The number of anilines is 1. The number of amides is 1. The van der Waals surface area contributed by atoms with Gasteiger partial charge < -0.3 is 14.8 Å². The number of rotatable bonds is 7. The Morgan fingerprint density at radius 3 is 2.63 bits per heavy atom. The Bertz CT molecular complexity index is 742. The lowest BCUT2D eigenvalue weighted by Gasteiger charge is -2.26. The quantitative estimate of drug-likeness (QED) is 0.733. The third-order valence-corrected chi connectivity index (χ3v) is 5.09. The summed E-state index contributed by atoms with van der Waals surface area (Å²) in [5, 5.41) is 2.97. The van der Waals surface area contributed by atoms with E-state index in [9.17, 15) is 4.79 Å². The zero-order chi connectivity index (χ0) is 19.1. The molecule has 2 aromatic carbocycles. The fraction of sp³-hybridized carbons (Fsp3) is 0.435. The molecule has 27 heavy (non-hydrogen) atoms. The first-order valence-corrected chi connectivity index (χ1v) is 9.74. The van der Waals surface area contributed by atoms with Crippen molar-refractivity contribution in [1.82, 2.24) is 0 Å². The van der Waals surface area contributed by atoms with Gasteiger partial charge in [0.15, 0.2) is 0 Å². The standard InChI is InChI=1S/C23H29NO3/c1-17-5-3-8-22(13-17)27-16-19-6-4-7-21(14-19)24-23(25)20-11-9-18(10-12-20)15-26-2/h4,6-7,9-12,14,17,22H,3,5,8,13,15-16H2,1-2H3,(H,24,25). The van der Waals surface area contributed by atoms with E-state index in [1.165, 1.54) is 12.8 Å². The van der Waals surface area contributed by atoms with Gasteiger partial charge in [0.05, 0.1) is 19.3 Å². The zero-order valence-corrected chi connectivity index (χ0v) is 16.2. The van der Waals surface area contributed by atoms with Crippen LogP contribution in [0.25, 0.3) is 0 Å². The molecular weight excluding hydrogens is 338 g/mol. The van der Waals surface area contributed by atoms with Crippen molar-refractivity contribution in [2.24, 2.45) is 5.92 Å². The van der Waals surface area contributed by atoms with E-state index in [4.69, 9.17) is 9.47 Å². The smallest absolute Gasteiger partial charge is 0.255 e. The van der Waals surface area contributed by atoms with Crippen molar-refractivity contribution in [3.63, 3.8) is 0 Å². The van der Waals surface area contributed by atoms with Gasteiger partial charge in [0.25, 0.3) is 5.91 Å². The molecule has 0 aliphatic heterocycles. The van der Waals surface area contributed by atoms with E-state index < -0.39 is 0 Å². The first kappa shape index (κ1) is 19.6. The number of hydrogen-bond acceptors (Lipinski definition) is 3. The van der Waals surface area contributed by atoms with Gasteiger partial charge in [0.2, 0.25) is 0 Å². The highest BCUT2D eigenvalue weighted by Gasteiger charge is 2.19. The number of methoxy groups -OCH3 is 1. The van der Waals surface area contributed by atoms with Crippen LogP contribution in [0.15, 0.2) is 48.5 Å². The molecule has 1 fully saturated rings. The summed E-state index contributed by atoms with van der Waals surface area (Å²) in [6.07, 6.45) is 5.23. The third kappa shape index (κ3) is 5.91. The first-order valence-electron chi connectivity index (χ1n) is 9.74. The molecule has 0 spiro atoms. The fourth-order valence-corrected chi connectivity index (χ4v) is 3.61. The molecule has 1 saturated carbocycles. The van der Waals surface area contributed by atoms with Crippen LogP contribution in [0.5, 0.6) is 0 Å². The lowest BCUT2D eigenvalue weighted by molar-refractivity contribution is 0.00468. The number of nitrogens with one attached hydrogen (secondary N) is 1. The van der Waals surface area contributed by atoms with Crippen LogP contribution < -0.4 is 5.32 Å². The number of carbonyl (C=O) groups excluding carboxylic acids is 1. The second kappa shape index (κ2) is 9.67. The SMILES string of the molecule is COCc1ccc(C(=O)Nc2cccc(COC3CCCC(C)C3)c2)cc1. The average Bonchev–Trinajstić information content (AvgIpc) is 2.68. The predicted molar refractivity (Wildman–Crippen MR) is 108 cm³/mol. The van der Waals surface area contributed by atoms with Crippen LogP contribution in [0.4, 0.5) is 5.69 Å². The Balaban J connectivity index is 1.55. The van der Waals surface area contributed by atoms with Crippen molar-refractivity contribution >= 4 is 11.6 Å². The fourth-order valence-electron chi connectivity index (χ4n) is 3.61. The van der Waals surface area contributed by atoms with E-state index >= 15 is 0 Å². The molecule has 0 heterocycles. The second-order valence-corrected chi connectivity index (χ2v) is 7.49. The van der Waals surface area contributed by atoms with Gasteiger partial charge >= 0.3 is 0 Å². The van der Waals surface area contributed by atoms with Gasteiger partial charge in [0.1, 0.15) is 0 Å². The lowest BCUT2D eigenvalue weighted by atomic mass is 9.89. The zero-order valence-electron chi connectivity index (χ0n) is 16.2. The lowest BCUT2D eigenvalue weighted by Crippen LogP contribution is -2.21. The molecule has 2 unspecified atom stereocenters. The molecule has 0 radical (unpaired) electrons. The minimum absolute atomic E-state index is 0.113.